The number of hydrogen-bond donors (Lipinski definition) is 7. The molecule has 0 aliphatic rings. The molecule has 0 fully saturated rings. The van der Waals surface area contributed by atoms with Gasteiger partial charge in [0.15, 0.2) is 11.4 Å². The monoisotopic (exact) mass is 987 g/mol. The molecule has 352 valence electrons. The molecule has 30 heteroatoms. The summed E-state index contributed by atoms with van der Waals surface area (Å²) in [5, 5.41) is 80.1. The van der Waals surface area contributed by atoms with Crippen LogP contribution in [0.25, 0.3) is 16.5 Å². The van der Waals surface area contributed by atoms with Gasteiger partial charge in [-0.05, 0) is 54.8 Å². The Morgan fingerprint density at radius 1 is 0.657 bits per heavy atom. The quantitative estimate of drug-likeness (QED) is 0.0212. The minimum atomic E-state index is -5.22. The van der Waals surface area contributed by atoms with Gasteiger partial charge in [-0.25, -0.2) is 0 Å². The predicted octanol–water partition coefficient (Wildman–Crippen LogP) is 6.39. The van der Waals surface area contributed by atoms with Crippen molar-refractivity contribution in [1.82, 2.24) is 9.78 Å². The number of hydrogen-bond acceptors (Lipinski definition) is 22. The van der Waals surface area contributed by atoms with Crippen LogP contribution in [-0.2, 0) is 30.4 Å². The number of non-ortho nitro benzene ring substituents is 1. The number of aromatic nitrogens is 2. The number of aromatic hydroxyl groups is 2. The van der Waals surface area contributed by atoms with Crippen LogP contribution in [0.1, 0.15) is 5.69 Å². The Labute approximate surface area is 377 Å². The van der Waals surface area contributed by atoms with Crippen molar-refractivity contribution in [3.63, 3.8) is 0 Å². The van der Waals surface area contributed by atoms with E-state index in [1.807, 2.05) is 0 Å². The third kappa shape index (κ3) is 10.9. The molecule has 0 spiro atoms. The Hall–Kier alpha value is -7.58. The van der Waals surface area contributed by atoms with Crippen LogP contribution in [0.3, 0.4) is 0 Å². The highest BCUT2D eigenvalue weighted by atomic mass is 32.2. The van der Waals surface area contributed by atoms with E-state index in [0.29, 0.717) is 6.07 Å². The zero-order valence-electron chi connectivity index (χ0n) is 34.1. The molecular weight excluding hydrogens is 955 g/mol. The van der Waals surface area contributed by atoms with Gasteiger partial charge in [0, 0.05) is 35.7 Å². The Morgan fingerprint density at radius 3 is 1.73 bits per heavy atom. The molecule has 1 heterocycles. The first-order valence-electron chi connectivity index (χ1n) is 18.4. The highest BCUT2D eigenvalue weighted by molar-refractivity contribution is 7.86. The minimum Gasteiger partial charge on any atom is -0.505 e. The van der Waals surface area contributed by atoms with Crippen LogP contribution in [0, 0.1) is 17.0 Å². The number of benzene rings is 5. The lowest BCUT2D eigenvalue weighted by molar-refractivity contribution is -0.385. The van der Waals surface area contributed by atoms with E-state index in [9.17, 15) is 69.5 Å². The van der Waals surface area contributed by atoms with E-state index in [4.69, 9.17) is 14.2 Å². The maximum atomic E-state index is 12.8. The highest BCUT2D eigenvalue weighted by Gasteiger charge is 2.25. The van der Waals surface area contributed by atoms with Gasteiger partial charge in [0.2, 0.25) is 5.88 Å². The molecule has 0 atom stereocenters. The van der Waals surface area contributed by atoms with E-state index < -0.39 is 91.9 Å². The van der Waals surface area contributed by atoms with Crippen LogP contribution in [-0.4, -0.2) is 108 Å². The second-order valence-electron chi connectivity index (χ2n) is 13.3. The van der Waals surface area contributed by atoms with Gasteiger partial charge in [-0.2, -0.15) is 35.0 Å². The largest absolute Gasteiger partial charge is 0.505 e. The number of nitrogens with zero attached hydrogens (tertiary/aromatic N) is 9. The van der Waals surface area contributed by atoms with Crippen molar-refractivity contribution < 1.29 is 78.5 Å². The van der Waals surface area contributed by atoms with E-state index >= 15 is 0 Å². The maximum absolute atomic E-state index is 12.8. The first-order valence-corrected chi connectivity index (χ1v) is 22.8. The van der Waals surface area contributed by atoms with Gasteiger partial charge >= 0.3 is 0 Å². The van der Waals surface area contributed by atoms with E-state index in [1.165, 1.54) is 44.4 Å². The van der Waals surface area contributed by atoms with E-state index in [1.54, 1.807) is 0 Å². The molecule has 0 saturated carbocycles. The van der Waals surface area contributed by atoms with Crippen molar-refractivity contribution in [2.24, 2.45) is 30.7 Å². The van der Waals surface area contributed by atoms with Crippen molar-refractivity contribution in [2.45, 2.75) is 21.6 Å². The maximum Gasteiger partial charge on any atom is 0.297 e. The molecule has 0 amide bonds. The lowest BCUT2D eigenvalue weighted by Gasteiger charge is -2.13. The number of nitro groups is 1. The molecule has 67 heavy (non-hydrogen) atoms. The zero-order valence-corrected chi connectivity index (χ0v) is 36.6. The summed E-state index contributed by atoms with van der Waals surface area (Å²) < 4.78 is 120. The van der Waals surface area contributed by atoms with Gasteiger partial charge in [-0.15, -0.1) is 30.7 Å². The summed E-state index contributed by atoms with van der Waals surface area (Å²) in [6, 6.07) is 12.8. The standard InChI is InChI=1S/C37H33N9O18S3/c1-19-34(42-39-25-7-4-22(46(51)52)15-31(25)65(53,54)55)37(50)45(44-19)21-3-6-24-20(13-21)14-33(67(59,60)61)35(36(24)49)43-41-28-18-29(63-11-9-47)27(17-30(28)64-12-10-48)40-38-26-8-5-23(62-2)16-32(26)66(56,57)58/h3-8,13-18,47-50H,9-12H2,1-2H3,(H,53,54,55)(H,56,57,58)(H,59,60,61)/b40-38+,42-39+,43-41+. The number of nitro benzene ring substituents is 1. The lowest BCUT2D eigenvalue weighted by Crippen LogP contribution is -2.04. The van der Waals surface area contributed by atoms with Crippen LogP contribution < -0.4 is 14.2 Å². The second-order valence-corrected chi connectivity index (χ2v) is 17.5. The molecule has 0 aliphatic heterocycles. The Morgan fingerprint density at radius 2 is 1.18 bits per heavy atom. The minimum absolute atomic E-state index is 0.000720. The summed E-state index contributed by atoms with van der Waals surface area (Å²) in [5.74, 6) is -1.86. The van der Waals surface area contributed by atoms with Crippen LogP contribution in [0.2, 0.25) is 0 Å². The number of aliphatic hydroxyl groups excluding tert-OH is 2. The first-order chi connectivity index (χ1) is 31.5. The van der Waals surface area contributed by atoms with Crippen LogP contribution in [0.4, 0.5) is 39.8 Å². The predicted molar refractivity (Wildman–Crippen MR) is 229 cm³/mol. The SMILES string of the molecule is COc1ccc(/N=N/c2cc(OCCO)c(/N=N/c3c(S(=O)(=O)O)cc4cc(-n5nc(C)c(/N=N/c6ccc([N+](=O)[O-])cc6S(=O)(=O)O)c5O)ccc4c3O)cc2OCCO)c(S(=O)(=O)O)c1. The van der Waals surface area contributed by atoms with Gasteiger partial charge in [-0.3, -0.25) is 23.8 Å². The molecule has 5 aromatic carbocycles. The molecule has 27 nitrogen and oxygen atoms in total. The van der Waals surface area contributed by atoms with Gasteiger partial charge in [0.25, 0.3) is 36.0 Å². The molecule has 6 rings (SSSR count). The summed E-state index contributed by atoms with van der Waals surface area (Å²) in [6.07, 6.45) is 0. The van der Waals surface area contributed by atoms with Gasteiger partial charge in [-0.1, -0.05) is 0 Å². The Kier molecular flexibility index (Phi) is 14.2. The number of rotatable bonds is 18. The number of fused-ring (bicyclic) bond motifs is 1. The van der Waals surface area contributed by atoms with E-state index in [2.05, 4.69) is 35.8 Å². The summed E-state index contributed by atoms with van der Waals surface area (Å²) in [4.78, 5) is 7.67. The number of phenolic OH excluding ortho intramolecular Hbond substituents is 1. The van der Waals surface area contributed by atoms with Crippen LogP contribution in [0.15, 0.2) is 118 Å². The molecule has 0 unspecified atom stereocenters. The lowest BCUT2D eigenvalue weighted by atomic mass is 10.1. The average molecular weight is 988 g/mol. The van der Waals surface area contributed by atoms with E-state index in [-0.39, 0.29) is 75.4 Å². The van der Waals surface area contributed by atoms with Crippen LogP contribution >= 0.6 is 0 Å². The molecule has 0 aliphatic carbocycles. The molecule has 0 radical (unpaired) electrons. The topological polar surface area (TPSA) is 407 Å². The summed E-state index contributed by atoms with van der Waals surface area (Å²) in [6.45, 7) is -0.360. The number of ether oxygens (including phenoxy) is 3. The fraction of sp³-hybridized carbons (Fsp3) is 0.162. The number of aryl methyl sites for hydroxylation is 1. The average Bonchev–Trinajstić information content (AvgIpc) is 3.56. The molecule has 0 saturated heterocycles. The molecule has 7 N–H and O–H groups in total. The second kappa shape index (κ2) is 19.5. The molecular formula is C37H33N9O18S3. The fourth-order valence-electron chi connectivity index (χ4n) is 5.94. The van der Waals surface area contributed by atoms with Crippen molar-refractivity contribution >= 4 is 80.9 Å². The van der Waals surface area contributed by atoms with Gasteiger partial charge in [0.05, 0.1) is 36.6 Å². The molecule has 6 aromatic rings. The van der Waals surface area contributed by atoms with Crippen molar-refractivity contribution in [3.05, 3.63) is 88.6 Å². The third-order valence-electron chi connectivity index (χ3n) is 8.96. The van der Waals surface area contributed by atoms with Gasteiger partial charge in [0.1, 0.15) is 73.6 Å². The van der Waals surface area contributed by atoms with E-state index in [0.717, 1.165) is 41.1 Å². The fourth-order valence-corrected chi connectivity index (χ4v) is 7.88. The first kappa shape index (κ1) is 48.9. The Balaban J connectivity index is 1.41. The number of aliphatic hydroxyl groups is 2. The smallest absolute Gasteiger partial charge is 0.297 e. The number of azo groups is 3. The van der Waals surface area contributed by atoms with Crippen molar-refractivity contribution in [3.8, 4) is 34.6 Å². The molecule has 1 aromatic heterocycles. The molecule has 0 bridgehead atoms. The number of methoxy groups -OCH3 is 1. The van der Waals surface area contributed by atoms with Gasteiger partial charge < -0.3 is 34.6 Å². The van der Waals surface area contributed by atoms with Crippen LogP contribution in [0.5, 0.6) is 28.9 Å². The zero-order chi connectivity index (χ0) is 49.0. The summed E-state index contributed by atoms with van der Waals surface area (Å²) >= 11 is 0. The highest BCUT2D eigenvalue weighted by Crippen LogP contribution is 2.46. The summed E-state index contributed by atoms with van der Waals surface area (Å²) in [7, 11) is -13.8. The third-order valence-corrected chi connectivity index (χ3v) is 11.6. The normalized spacial score (nSPS) is 12.5. The summed E-state index contributed by atoms with van der Waals surface area (Å²) in [5.41, 5.74) is -3.08. The van der Waals surface area contributed by atoms with Crippen molar-refractivity contribution in [1.29, 1.82) is 0 Å². The Bertz CT molecular complexity index is 3380. The van der Waals surface area contributed by atoms with Crippen molar-refractivity contribution in [2.75, 3.05) is 33.5 Å². The number of phenols is 1.